The van der Waals surface area contributed by atoms with Gasteiger partial charge < -0.3 is 15.2 Å². The zero-order valence-electron chi connectivity index (χ0n) is 9.43. The monoisotopic (exact) mass is 221 g/mol. The van der Waals surface area contributed by atoms with E-state index in [0.717, 1.165) is 31.7 Å². The molecule has 1 heterocycles. The van der Waals surface area contributed by atoms with Gasteiger partial charge in [-0.15, -0.1) is 0 Å². The molecule has 0 aliphatic carbocycles. The van der Waals surface area contributed by atoms with Crippen molar-refractivity contribution in [1.29, 1.82) is 0 Å². The van der Waals surface area contributed by atoms with Crippen LogP contribution < -0.4 is 5.32 Å². The van der Waals surface area contributed by atoms with E-state index in [9.17, 15) is 5.11 Å². The molecule has 0 bridgehead atoms. The lowest BCUT2D eigenvalue weighted by Crippen LogP contribution is -2.29. The predicted molar refractivity (Wildman–Crippen MR) is 63.2 cm³/mol. The van der Waals surface area contributed by atoms with Crippen molar-refractivity contribution in [2.45, 2.75) is 12.5 Å². The van der Waals surface area contributed by atoms with Crippen molar-refractivity contribution >= 4 is 0 Å². The fraction of sp³-hybridized carbons (Fsp3) is 0.538. The second-order valence-electron chi connectivity index (χ2n) is 4.28. The van der Waals surface area contributed by atoms with Gasteiger partial charge in [-0.1, -0.05) is 30.3 Å². The molecule has 1 saturated heterocycles. The number of ether oxygens (including phenoxy) is 1. The molecule has 16 heavy (non-hydrogen) atoms. The van der Waals surface area contributed by atoms with E-state index < -0.39 is 0 Å². The summed E-state index contributed by atoms with van der Waals surface area (Å²) >= 11 is 0. The van der Waals surface area contributed by atoms with Crippen LogP contribution in [-0.2, 0) is 4.74 Å². The van der Waals surface area contributed by atoms with Crippen LogP contribution in [-0.4, -0.2) is 31.5 Å². The minimum absolute atomic E-state index is 0.0433. The first-order chi connectivity index (χ1) is 7.90. The highest BCUT2D eigenvalue weighted by atomic mass is 16.5. The average molecular weight is 221 g/mol. The van der Waals surface area contributed by atoms with Crippen LogP contribution in [0.5, 0.6) is 0 Å². The van der Waals surface area contributed by atoms with Gasteiger partial charge in [-0.3, -0.25) is 0 Å². The molecule has 0 saturated carbocycles. The van der Waals surface area contributed by atoms with Gasteiger partial charge in [0.2, 0.25) is 0 Å². The summed E-state index contributed by atoms with van der Waals surface area (Å²) in [4.78, 5) is 0. The highest BCUT2D eigenvalue weighted by Crippen LogP contribution is 2.15. The van der Waals surface area contributed by atoms with E-state index in [4.69, 9.17) is 4.74 Å². The molecule has 2 atom stereocenters. The van der Waals surface area contributed by atoms with Crippen molar-refractivity contribution in [3.05, 3.63) is 35.9 Å². The van der Waals surface area contributed by atoms with Gasteiger partial charge in [-0.05, 0) is 17.9 Å². The van der Waals surface area contributed by atoms with Crippen LogP contribution in [0.25, 0.3) is 0 Å². The fourth-order valence-corrected chi connectivity index (χ4v) is 2.03. The number of rotatable bonds is 5. The highest BCUT2D eigenvalue weighted by molar-refractivity contribution is 5.18. The summed E-state index contributed by atoms with van der Waals surface area (Å²) in [6, 6.07) is 10.1. The quantitative estimate of drug-likeness (QED) is 0.788. The molecule has 3 heteroatoms. The maximum atomic E-state index is 9.36. The minimum Gasteiger partial charge on any atom is -0.394 e. The molecule has 1 aliphatic rings. The Kier molecular flexibility index (Phi) is 4.34. The predicted octanol–water partition coefficient (Wildman–Crippen LogP) is 1.35. The standard InChI is InChI=1S/C13H19NO2/c15-9-13(12-4-2-1-3-5-12)14-8-11-6-7-16-10-11/h1-5,11,13-15H,6-10H2/t11?,13-/m0/s1. The molecule has 1 aliphatic heterocycles. The van der Waals surface area contributed by atoms with Crippen molar-refractivity contribution in [1.82, 2.24) is 5.32 Å². The van der Waals surface area contributed by atoms with Crippen molar-refractivity contribution in [3.8, 4) is 0 Å². The van der Waals surface area contributed by atoms with E-state index in [0.29, 0.717) is 5.92 Å². The summed E-state index contributed by atoms with van der Waals surface area (Å²) < 4.78 is 5.33. The van der Waals surface area contributed by atoms with E-state index in [1.807, 2.05) is 30.3 Å². The Morgan fingerprint density at radius 3 is 2.81 bits per heavy atom. The lowest BCUT2D eigenvalue weighted by atomic mass is 10.1. The normalized spacial score (nSPS) is 22.2. The molecule has 1 fully saturated rings. The molecule has 2 N–H and O–H groups in total. The van der Waals surface area contributed by atoms with Gasteiger partial charge in [0.1, 0.15) is 0 Å². The molecule has 0 radical (unpaired) electrons. The van der Waals surface area contributed by atoms with Gasteiger partial charge in [-0.2, -0.15) is 0 Å². The Hall–Kier alpha value is -0.900. The maximum absolute atomic E-state index is 9.36. The van der Waals surface area contributed by atoms with Gasteiger partial charge in [0.25, 0.3) is 0 Å². The molecule has 0 spiro atoms. The average Bonchev–Trinajstić information content (AvgIpc) is 2.84. The maximum Gasteiger partial charge on any atom is 0.0626 e. The van der Waals surface area contributed by atoms with Gasteiger partial charge >= 0.3 is 0 Å². The van der Waals surface area contributed by atoms with Crippen molar-refractivity contribution in [3.63, 3.8) is 0 Å². The van der Waals surface area contributed by atoms with Gasteiger partial charge in [0, 0.05) is 13.2 Å². The van der Waals surface area contributed by atoms with Crippen LogP contribution in [0.2, 0.25) is 0 Å². The molecule has 1 aromatic rings. The van der Waals surface area contributed by atoms with Crippen LogP contribution in [0, 0.1) is 5.92 Å². The van der Waals surface area contributed by atoms with Crippen LogP contribution in [0.4, 0.5) is 0 Å². The lowest BCUT2D eigenvalue weighted by Gasteiger charge is -2.18. The van der Waals surface area contributed by atoms with Crippen molar-refractivity contribution in [2.24, 2.45) is 5.92 Å². The lowest BCUT2D eigenvalue weighted by molar-refractivity contribution is 0.181. The molecule has 1 aromatic carbocycles. The molecular weight excluding hydrogens is 202 g/mol. The SMILES string of the molecule is OC[C@H](NCC1CCOC1)c1ccccc1. The molecule has 1 unspecified atom stereocenters. The van der Waals surface area contributed by atoms with E-state index in [2.05, 4.69) is 5.32 Å². The van der Waals surface area contributed by atoms with Crippen LogP contribution in [0.15, 0.2) is 30.3 Å². The third-order valence-corrected chi connectivity index (χ3v) is 3.06. The first kappa shape index (κ1) is 11.6. The Morgan fingerprint density at radius 2 is 2.19 bits per heavy atom. The summed E-state index contributed by atoms with van der Waals surface area (Å²) in [5, 5.41) is 12.8. The zero-order valence-corrected chi connectivity index (χ0v) is 9.43. The van der Waals surface area contributed by atoms with Crippen LogP contribution in [0.3, 0.4) is 0 Å². The number of aliphatic hydroxyl groups excluding tert-OH is 1. The zero-order chi connectivity index (χ0) is 11.2. The summed E-state index contributed by atoms with van der Waals surface area (Å²) in [5.41, 5.74) is 1.14. The second-order valence-corrected chi connectivity index (χ2v) is 4.28. The molecule has 3 nitrogen and oxygen atoms in total. The smallest absolute Gasteiger partial charge is 0.0626 e. The Balaban J connectivity index is 1.85. The highest BCUT2D eigenvalue weighted by Gasteiger charge is 2.17. The Bertz CT molecular complexity index is 296. The molecule has 2 rings (SSSR count). The van der Waals surface area contributed by atoms with E-state index >= 15 is 0 Å². The largest absolute Gasteiger partial charge is 0.394 e. The third kappa shape index (κ3) is 3.04. The number of benzene rings is 1. The molecule has 0 amide bonds. The Labute approximate surface area is 96.4 Å². The van der Waals surface area contributed by atoms with E-state index in [1.54, 1.807) is 0 Å². The fourth-order valence-electron chi connectivity index (χ4n) is 2.03. The van der Waals surface area contributed by atoms with E-state index in [-0.39, 0.29) is 12.6 Å². The number of hydrogen-bond acceptors (Lipinski definition) is 3. The van der Waals surface area contributed by atoms with Gasteiger partial charge in [-0.25, -0.2) is 0 Å². The van der Waals surface area contributed by atoms with Gasteiger partial charge in [0.05, 0.1) is 19.3 Å². The number of aliphatic hydroxyl groups is 1. The topological polar surface area (TPSA) is 41.5 Å². The summed E-state index contributed by atoms with van der Waals surface area (Å²) in [7, 11) is 0. The van der Waals surface area contributed by atoms with Gasteiger partial charge in [0.15, 0.2) is 0 Å². The first-order valence-electron chi connectivity index (χ1n) is 5.87. The summed E-state index contributed by atoms with van der Waals surface area (Å²) in [6.07, 6.45) is 1.12. The minimum atomic E-state index is 0.0433. The van der Waals surface area contributed by atoms with Crippen LogP contribution >= 0.6 is 0 Å². The number of nitrogens with one attached hydrogen (secondary N) is 1. The Morgan fingerprint density at radius 1 is 1.38 bits per heavy atom. The molecule has 88 valence electrons. The second kappa shape index (κ2) is 5.99. The third-order valence-electron chi connectivity index (χ3n) is 3.06. The molecular formula is C13H19NO2. The van der Waals surface area contributed by atoms with Crippen molar-refractivity contribution < 1.29 is 9.84 Å². The number of hydrogen-bond donors (Lipinski definition) is 2. The summed E-state index contributed by atoms with van der Waals surface area (Å²) in [5.74, 6) is 0.595. The molecule has 0 aromatic heterocycles. The van der Waals surface area contributed by atoms with Crippen molar-refractivity contribution in [2.75, 3.05) is 26.4 Å². The summed E-state index contributed by atoms with van der Waals surface area (Å²) in [6.45, 7) is 2.78. The van der Waals surface area contributed by atoms with E-state index in [1.165, 1.54) is 0 Å². The van der Waals surface area contributed by atoms with Crippen LogP contribution in [0.1, 0.15) is 18.0 Å². The first-order valence-corrected chi connectivity index (χ1v) is 5.87.